The van der Waals surface area contributed by atoms with E-state index in [1.54, 1.807) is 6.07 Å². The van der Waals surface area contributed by atoms with Crippen molar-refractivity contribution in [3.8, 4) is 0 Å². The lowest BCUT2D eigenvalue weighted by atomic mass is 9.82. The minimum atomic E-state index is -0.115. The predicted molar refractivity (Wildman–Crippen MR) is 90.0 cm³/mol. The zero-order valence-corrected chi connectivity index (χ0v) is 14.6. The van der Waals surface area contributed by atoms with E-state index >= 15 is 0 Å². The number of nitrogens with one attached hydrogen (secondary N) is 1. The van der Waals surface area contributed by atoms with E-state index in [1.165, 1.54) is 12.0 Å². The van der Waals surface area contributed by atoms with Gasteiger partial charge in [0.2, 0.25) is 0 Å². The largest absolute Gasteiger partial charge is 0.310 e. The smallest absolute Gasteiger partial charge is 0.126 e. The molecule has 1 aromatic rings. The molecule has 2 heteroatoms. The molecule has 0 saturated carbocycles. The van der Waals surface area contributed by atoms with Gasteiger partial charge in [-0.3, -0.25) is 0 Å². The lowest BCUT2D eigenvalue weighted by molar-refractivity contribution is 0.275. The summed E-state index contributed by atoms with van der Waals surface area (Å²) in [5.41, 5.74) is 2.30. The topological polar surface area (TPSA) is 12.0 Å². The molecule has 0 aliphatic heterocycles. The fourth-order valence-electron chi connectivity index (χ4n) is 3.07. The summed E-state index contributed by atoms with van der Waals surface area (Å²) < 4.78 is 13.5. The van der Waals surface area contributed by atoms with Crippen molar-refractivity contribution in [2.24, 2.45) is 11.3 Å². The molecule has 2 atom stereocenters. The van der Waals surface area contributed by atoms with Gasteiger partial charge in [-0.2, -0.15) is 0 Å². The summed E-state index contributed by atoms with van der Waals surface area (Å²) in [7, 11) is 0. The Kier molecular flexibility index (Phi) is 6.86. The van der Waals surface area contributed by atoms with Crippen molar-refractivity contribution in [2.45, 2.75) is 66.8 Å². The first-order valence-corrected chi connectivity index (χ1v) is 8.22. The molecule has 1 aromatic carbocycles. The van der Waals surface area contributed by atoms with Crippen molar-refractivity contribution < 1.29 is 4.39 Å². The lowest BCUT2D eigenvalue weighted by Crippen LogP contribution is -2.25. The summed E-state index contributed by atoms with van der Waals surface area (Å²) in [5.74, 6) is 0.528. The Morgan fingerprint density at radius 1 is 1.24 bits per heavy atom. The van der Waals surface area contributed by atoms with Crippen LogP contribution in [-0.2, 0) is 0 Å². The number of hydrogen-bond donors (Lipinski definition) is 1. The third kappa shape index (κ3) is 6.60. The highest BCUT2D eigenvalue weighted by Gasteiger charge is 2.20. The van der Waals surface area contributed by atoms with Crippen molar-refractivity contribution in [1.29, 1.82) is 0 Å². The van der Waals surface area contributed by atoms with Gasteiger partial charge in [-0.15, -0.1) is 0 Å². The third-order valence-electron chi connectivity index (χ3n) is 3.82. The van der Waals surface area contributed by atoms with Crippen LogP contribution >= 0.6 is 0 Å². The first-order valence-electron chi connectivity index (χ1n) is 8.22. The molecular weight excluding hydrogens is 261 g/mol. The lowest BCUT2D eigenvalue weighted by Gasteiger charge is -2.28. The maximum Gasteiger partial charge on any atom is 0.126 e. The molecule has 0 saturated heterocycles. The van der Waals surface area contributed by atoms with Gasteiger partial charge in [-0.1, -0.05) is 46.8 Å². The van der Waals surface area contributed by atoms with Gasteiger partial charge in [0.05, 0.1) is 0 Å². The van der Waals surface area contributed by atoms with Gasteiger partial charge in [0.25, 0.3) is 0 Å². The van der Waals surface area contributed by atoms with Crippen LogP contribution in [0.2, 0.25) is 0 Å². The molecule has 120 valence electrons. The van der Waals surface area contributed by atoms with Crippen LogP contribution in [0, 0.1) is 24.1 Å². The SMILES string of the molecule is CCCNC(CC(C)CC(C)(C)C)c1ccc(F)c(C)c1. The molecule has 2 unspecified atom stereocenters. The van der Waals surface area contributed by atoms with Crippen LogP contribution in [0.5, 0.6) is 0 Å². The highest BCUT2D eigenvalue weighted by molar-refractivity contribution is 5.26. The zero-order chi connectivity index (χ0) is 16.0. The number of halogens is 1. The van der Waals surface area contributed by atoms with E-state index in [1.807, 2.05) is 19.1 Å². The second kappa shape index (κ2) is 7.93. The average molecular weight is 293 g/mol. The third-order valence-corrected chi connectivity index (χ3v) is 3.82. The Balaban J connectivity index is 2.81. The fourth-order valence-corrected chi connectivity index (χ4v) is 3.07. The summed E-state index contributed by atoms with van der Waals surface area (Å²) in [6.45, 7) is 14.2. The normalized spacial score (nSPS) is 15.0. The number of rotatable bonds is 7. The van der Waals surface area contributed by atoms with Gasteiger partial charge in [-0.25, -0.2) is 4.39 Å². The van der Waals surface area contributed by atoms with Crippen molar-refractivity contribution in [3.63, 3.8) is 0 Å². The average Bonchev–Trinajstić information content (AvgIpc) is 2.35. The Morgan fingerprint density at radius 2 is 1.90 bits per heavy atom. The molecule has 0 aliphatic rings. The second-order valence-electron chi connectivity index (χ2n) is 7.62. The summed E-state index contributed by atoms with van der Waals surface area (Å²) >= 11 is 0. The molecule has 1 nitrogen and oxygen atoms in total. The molecular formula is C19H32FN. The van der Waals surface area contributed by atoms with Gasteiger partial charge in [0.1, 0.15) is 5.82 Å². The van der Waals surface area contributed by atoms with Crippen LogP contribution in [0.15, 0.2) is 18.2 Å². The summed E-state index contributed by atoms with van der Waals surface area (Å²) in [5, 5.41) is 3.63. The highest BCUT2D eigenvalue weighted by Crippen LogP contribution is 2.31. The fraction of sp³-hybridized carbons (Fsp3) is 0.684. The second-order valence-corrected chi connectivity index (χ2v) is 7.62. The highest BCUT2D eigenvalue weighted by atomic mass is 19.1. The van der Waals surface area contributed by atoms with Crippen molar-refractivity contribution in [1.82, 2.24) is 5.32 Å². The Morgan fingerprint density at radius 3 is 2.43 bits per heavy atom. The Bertz CT molecular complexity index is 434. The quantitative estimate of drug-likeness (QED) is 0.686. The maximum absolute atomic E-state index is 13.5. The van der Waals surface area contributed by atoms with E-state index in [-0.39, 0.29) is 5.82 Å². The van der Waals surface area contributed by atoms with Crippen molar-refractivity contribution in [2.75, 3.05) is 6.54 Å². The van der Waals surface area contributed by atoms with E-state index < -0.39 is 0 Å². The summed E-state index contributed by atoms with van der Waals surface area (Å²) in [6, 6.07) is 5.84. The van der Waals surface area contributed by atoms with Crippen LogP contribution in [-0.4, -0.2) is 6.54 Å². The maximum atomic E-state index is 13.5. The Hall–Kier alpha value is -0.890. The standard InChI is InChI=1S/C19H32FN/c1-7-10-21-18(11-14(2)13-19(4,5)6)16-8-9-17(20)15(3)12-16/h8-9,12,14,18,21H,7,10-11,13H2,1-6H3. The van der Waals surface area contributed by atoms with Gasteiger partial charge >= 0.3 is 0 Å². The molecule has 21 heavy (non-hydrogen) atoms. The van der Waals surface area contributed by atoms with E-state index in [4.69, 9.17) is 0 Å². The number of hydrogen-bond acceptors (Lipinski definition) is 1. The zero-order valence-electron chi connectivity index (χ0n) is 14.6. The minimum Gasteiger partial charge on any atom is -0.310 e. The van der Waals surface area contributed by atoms with E-state index in [9.17, 15) is 4.39 Å². The van der Waals surface area contributed by atoms with E-state index in [0.717, 1.165) is 24.9 Å². The van der Waals surface area contributed by atoms with Crippen molar-refractivity contribution >= 4 is 0 Å². The van der Waals surface area contributed by atoms with Gasteiger partial charge in [-0.05, 0) is 61.3 Å². The molecule has 0 heterocycles. The first-order chi connectivity index (χ1) is 9.73. The molecule has 0 radical (unpaired) electrons. The summed E-state index contributed by atoms with van der Waals surface area (Å²) in [6.07, 6.45) is 3.42. The number of aryl methyl sites for hydroxylation is 1. The van der Waals surface area contributed by atoms with E-state index in [0.29, 0.717) is 17.4 Å². The molecule has 0 bridgehead atoms. The predicted octanol–water partition coefficient (Wildman–Crippen LogP) is 5.64. The Labute approximate surface area is 130 Å². The molecule has 1 N–H and O–H groups in total. The molecule has 0 aromatic heterocycles. The summed E-state index contributed by atoms with van der Waals surface area (Å²) in [4.78, 5) is 0. The number of benzene rings is 1. The molecule has 0 spiro atoms. The molecule has 0 amide bonds. The van der Waals surface area contributed by atoms with Crippen LogP contribution in [0.4, 0.5) is 4.39 Å². The van der Waals surface area contributed by atoms with Crippen LogP contribution in [0.1, 0.15) is 71.0 Å². The minimum absolute atomic E-state index is 0.115. The monoisotopic (exact) mass is 293 g/mol. The van der Waals surface area contributed by atoms with Gasteiger partial charge in [0, 0.05) is 6.04 Å². The van der Waals surface area contributed by atoms with Crippen molar-refractivity contribution in [3.05, 3.63) is 35.1 Å². The first kappa shape index (κ1) is 18.2. The molecule has 0 fully saturated rings. The molecule has 1 rings (SSSR count). The van der Waals surface area contributed by atoms with Gasteiger partial charge < -0.3 is 5.32 Å². The van der Waals surface area contributed by atoms with Crippen LogP contribution in [0.3, 0.4) is 0 Å². The van der Waals surface area contributed by atoms with Crippen LogP contribution in [0.25, 0.3) is 0 Å². The van der Waals surface area contributed by atoms with Crippen LogP contribution < -0.4 is 5.32 Å². The van der Waals surface area contributed by atoms with Gasteiger partial charge in [0.15, 0.2) is 0 Å². The molecule has 0 aliphatic carbocycles. The van der Waals surface area contributed by atoms with E-state index in [2.05, 4.69) is 39.9 Å².